The Labute approximate surface area is 96.5 Å². The van der Waals surface area contributed by atoms with E-state index in [0.717, 1.165) is 4.70 Å². The van der Waals surface area contributed by atoms with Gasteiger partial charge in [-0.05, 0) is 28.7 Å². The number of benzene rings is 1. The predicted molar refractivity (Wildman–Crippen MR) is 62.9 cm³/mol. The molecule has 0 unspecified atom stereocenters. The summed E-state index contributed by atoms with van der Waals surface area (Å²) < 4.78 is 1.35. The number of nitrogens with zero attached hydrogens (tertiary/aromatic N) is 1. The SMILES string of the molecule is O=[N+]([O-])c1ccc2scc(O)c2c1I. The maximum atomic E-state index is 10.6. The second-order valence-electron chi connectivity index (χ2n) is 2.65. The van der Waals surface area contributed by atoms with Gasteiger partial charge in [-0.3, -0.25) is 10.1 Å². The molecule has 0 spiro atoms. The van der Waals surface area contributed by atoms with Gasteiger partial charge in [0.1, 0.15) is 9.32 Å². The molecular formula is C8H4INO3S. The fraction of sp³-hybridized carbons (Fsp3) is 0. The molecule has 0 saturated carbocycles. The van der Waals surface area contributed by atoms with Crippen LogP contribution >= 0.6 is 33.9 Å². The van der Waals surface area contributed by atoms with Gasteiger partial charge in [-0.1, -0.05) is 0 Å². The van der Waals surface area contributed by atoms with Gasteiger partial charge in [0, 0.05) is 16.1 Å². The zero-order valence-corrected chi connectivity index (χ0v) is 9.70. The van der Waals surface area contributed by atoms with E-state index in [1.54, 1.807) is 11.4 Å². The van der Waals surface area contributed by atoms with Crippen molar-refractivity contribution in [3.05, 3.63) is 31.2 Å². The summed E-state index contributed by atoms with van der Waals surface area (Å²) in [5, 5.41) is 22.3. The third-order valence-electron chi connectivity index (χ3n) is 1.83. The summed E-state index contributed by atoms with van der Waals surface area (Å²) in [5.74, 6) is 0.109. The minimum atomic E-state index is -0.446. The quantitative estimate of drug-likeness (QED) is 0.499. The lowest BCUT2D eigenvalue weighted by molar-refractivity contribution is -0.385. The highest BCUT2D eigenvalue weighted by atomic mass is 127. The van der Waals surface area contributed by atoms with Crippen molar-refractivity contribution < 1.29 is 10.0 Å². The molecular weight excluding hydrogens is 317 g/mol. The van der Waals surface area contributed by atoms with Crippen LogP contribution < -0.4 is 0 Å². The van der Waals surface area contributed by atoms with E-state index in [1.807, 2.05) is 22.6 Å². The average molecular weight is 321 g/mol. The highest BCUT2D eigenvalue weighted by Gasteiger charge is 2.17. The average Bonchev–Trinajstić information content (AvgIpc) is 2.48. The van der Waals surface area contributed by atoms with Crippen LogP contribution in [-0.4, -0.2) is 10.0 Å². The van der Waals surface area contributed by atoms with Gasteiger partial charge in [0.15, 0.2) is 0 Å². The first-order valence-corrected chi connectivity index (χ1v) is 5.60. The number of aromatic hydroxyl groups is 1. The highest BCUT2D eigenvalue weighted by molar-refractivity contribution is 14.1. The van der Waals surface area contributed by atoms with Crippen LogP contribution in [0.2, 0.25) is 0 Å². The Morgan fingerprint density at radius 3 is 2.86 bits per heavy atom. The van der Waals surface area contributed by atoms with Crippen molar-refractivity contribution >= 4 is 49.7 Å². The molecule has 2 rings (SSSR count). The number of thiophene rings is 1. The van der Waals surface area contributed by atoms with Gasteiger partial charge in [-0.25, -0.2) is 0 Å². The highest BCUT2D eigenvalue weighted by Crippen LogP contribution is 2.38. The van der Waals surface area contributed by atoms with Gasteiger partial charge in [0.05, 0.1) is 10.3 Å². The molecule has 0 aliphatic rings. The van der Waals surface area contributed by atoms with Gasteiger partial charge in [-0.2, -0.15) is 0 Å². The van der Waals surface area contributed by atoms with E-state index in [0.29, 0.717) is 8.96 Å². The Hall–Kier alpha value is -0.890. The van der Waals surface area contributed by atoms with Gasteiger partial charge in [0.25, 0.3) is 5.69 Å². The molecule has 14 heavy (non-hydrogen) atoms. The molecule has 1 aromatic carbocycles. The summed E-state index contributed by atoms with van der Waals surface area (Å²) in [5.41, 5.74) is 0.0341. The number of nitro benzene ring substituents is 1. The summed E-state index contributed by atoms with van der Waals surface area (Å²) in [7, 11) is 0. The maximum Gasteiger partial charge on any atom is 0.283 e. The number of hydrogen-bond acceptors (Lipinski definition) is 4. The lowest BCUT2D eigenvalue weighted by Crippen LogP contribution is -1.90. The van der Waals surface area contributed by atoms with Crippen LogP contribution in [0.25, 0.3) is 10.1 Å². The second-order valence-corrected chi connectivity index (χ2v) is 4.64. The van der Waals surface area contributed by atoms with E-state index in [4.69, 9.17) is 0 Å². The topological polar surface area (TPSA) is 63.4 Å². The standard InChI is InChI=1S/C8H4INO3S/c9-8-4(10(12)13)1-2-6-7(8)5(11)3-14-6/h1-3,11H. The summed E-state index contributed by atoms with van der Waals surface area (Å²) in [6, 6.07) is 3.11. The molecule has 1 aromatic heterocycles. The van der Waals surface area contributed by atoms with Crippen LogP contribution in [0.5, 0.6) is 5.75 Å². The van der Waals surface area contributed by atoms with Gasteiger partial charge in [-0.15, -0.1) is 11.3 Å². The largest absolute Gasteiger partial charge is 0.506 e. The molecule has 2 aromatic rings. The van der Waals surface area contributed by atoms with Crippen molar-refractivity contribution in [3.63, 3.8) is 0 Å². The maximum absolute atomic E-state index is 10.6. The van der Waals surface area contributed by atoms with Crippen molar-refractivity contribution in [3.8, 4) is 5.75 Å². The summed E-state index contributed by atoms with van der Waals surface area (Å²) in [4.78, 5) is 10.2. The van der Waals surface area contributed by atoms with E-state index in [9.17, 15) is 15.2 Å². The number of fused-ring (bicyclic) bond motifs is 1. The second kappa shape index (κ2) is 3.35. The molecule has 0 bridgehead atoms. The third-order valence-corrected chi connectivity index (χ3v) is 3.86. The Morgan fingerprint density at radius 1 is 1.50 bits per heavy atom. The van der Waals surface area contributed by atoms with E-state index in [-0.39, 0.29) is 11.4 Å². The first-order valence-electron chi connectivity index (χ1n) is 3.64. The van der Waals surface area contributed by atoms with Crippen LogP contribution in [0.1, 0.15) is 0 Å². The lowest BCUT2D eigenvalue weighted by Gasteiger charge is -1.97. The van der Waals surface area contributed by atoms with Crippen LogP contribution in [0.3, 0.4) is 0 Å². The zero-order chi connectivity index (χ0) is 10.3. The third kappa shape index (κ3) is 1.34. The van der Waals surface area contributed by atoms with Crippen molar-refractivity contribution in [2.24, 2.45) is 0 Å². The molecule has 0 fully saturated rings. The van der Waals surface area contributed by atoms with Crippen molar-refractivity contribution in [1.29, 1.82) is 0 Å². The van der Waals surface area contributed by atoms with Gasteiger partial charge >= 0.3 is 0 Å². The van der Waals surface area contributed by atoms with Gasteiger partial charge < -0.3 is 5.11 Å². The van der Waals surface area contributed by atoms with Crippen LogP contribution in [0.4, 0.5) is 5.69 Å². The van der Waals surface area contributed by atoms with Crippen molar-refractivity contribution in [2.45, 2.75) is 0 Å². The Bertz CT molecular complexity index is 523. The summed E-state index contributed by atoms with van der Waals surface area (Å²) in [6.07, 6.45) is 0. The Balaban J connectivity index is 2.86. The van der Waals surface area contributed by atoms with Crippen molar-refractivity contribution in [2.75, 3.05) is 0 Å². The molecule has 0 aliphatic heterocycles. The molecule has 0 atom stereocenters. The molecule has 0 radical (unpaired) electrons. The van der Waals surface area contributed by atoms with Crippen LogP contribution in [-0.2, 0) is 0 Å². The number of nitro groups is 1. The first kappa shape index (κ1) is 9.66. The fourth-order valence-corrected chi connectivity index (χ4v) is 3.16. The number of hydrogen-bond donors (Lipinski definition) is 1. The number of rotatable bonds is 1. The molecule has 1 N–H and O–H groups in total. The smallest absolute Gasteiger partial charge is 0.283 e. The predicted octanol–water partition coefficient (Wildman–Crippen LogP) is 3.12. The minimum Gasteiger partial charge on any atom is -0.506 e. The van der Waals surface area contributed by atoms with Crippen LogP contribution in [0.15, 0.2) is 17.5 Å². The first-order chi connectivity index (χ1) is 6.61. The monoisotopic (exact) mass is 321 g/mol. The molecule has 4 nitrogen and oxygen atoms in total. The summed E-state index contributed by atoms with van der Waals surface area (Å²) in [6.45, 7) is 0. The van der Waals surface area contributed by atoms with Crippen LogP contribution in [0, 0.1) is 13.7 Å². The summed E-state index contributed by atoms with van der Waals surface area (Å²) >= 11 is 3.25. The minimum absolute atomic E-state index is 0.0341. The number of halogens is 1. The lowest BCUT2D eigenvalue weighted by atomic mass is 10.2. The molecule has 0 amide bonds. The van der Waals surface area contributed by atoms with E-state index in [1.165, 1.54) is 17.4 Å². The van der Waals surface area contributed by atoms with E-state index in [2.05, 4.69) is 0 Å². The fourth-order valence-electron chi connectivity index (χ4n) is 1.20. The Morgan fingerprint density at radius 2 is 2.21 bits per heavy atom. The zero-order valence-electron chi connectivity index (χ0n) is 6.73. The molecule has 6 heteroatoms. The van der Waals surface area contributed by atoms with Crippen molar-refractivity contribution in [1.82, 2.24) is 0 Å². The molecule has 0 aliphatic carbocycles. The van der Waals surface area contributed by atoms with Gasteiger partial charge in [0.2, 0.25) is 0 Å². The Kier molecular flexibility index (Phi) is 2.31. The van der Waals surface area contributed by atoms with E-state index < -0.39 is 4.92 Å². The normalized spacial score (nSPS) is 10.6. The molecule has 0 saturated heterocycles. The molecule has 1 heterocycles. The van der Waals surface area contributed by atoms with E-state index >= 15 is 0 Å². The molecule has 72 valence electrons.